The summed E-state index contributed by atoms with van der Waals surface area (Å²) in [5, 5.41) is 10.5. The van der Waals surface area contributed by atoms with Crippen molar-refractivity contribution in [1.82, 2.24) is 0 Å². The largest absolute Gasteiger partial charge is 0.504 e. The van der Waals surface area contributed by atoms with E-state index in [1.54, 1.807) is 0 Å². The molecule has 2 nitrogen and oxygen atoms in total. The molecule has 4 aliphatic rings. The SMILES string of the molecule is CC(C)CCC[C@@H](C)[C@H]1CC[C@H]2[C@@H]3C=CC4=C(O)C(=O)CC[C@]4(C)[C@H]3CC[C@]12C. The van der Waals surface area contributed by atoms with Gasteiger partial charge in [0.15, 0.2) is 11.5 Å². The Bertz CT molecular complexity index is 716. The number of aliphatic hydroxyl groups is 1. The molecule has 0 aromatic heterocycles. The van der Waals surface area contributed by atoms with Gasteiger partial charge in [-0.05, 0) is 73.0 Å². The molecule has 0 heterocycles. The molecule has 0 radical (unpaired) electrons. The molecule has 2 heteroatoms. The van der Waals surface area contributed by atoms with Gasteiger partial charge in [-0.25, -0.2) is 0 Å². The molecule has 0 aromatic carbocycles. The van der Waals surface area contributed by atoms with Gasteiger partial charge in [0.05, 0.1) is 0 Å². The van der Waals surface area contributed by atoms with E-state index in [-0.39, 0.29) is 17.0 Å². The Kier molecular flexibility index (Phi) is 5.53. The molecule has 7 atom stereocenters. The smallest absolute Gasteiger partial charge is 0.197 e. The molecule has 0 aromatic rings. The molecule has 4 aliphatic carbocycles. The summed E-state index contributed by atoms with van der Waals surface area (Å²) in [6.45, 7) is 12.1. The molecule has 0 saturated heterocycles. The van der Waals surface area contributed by atoms with Crippen LogP contribution in [0.1, 0.15) is 92.4 Å². The lowest BCUT2D eigenvalue weighted by atomic mass is 9.48. The van der Waals surface area contributed by atoms with E-state index in [0.29, 0.717) is 23.7 Å². The number of Topliss-reactive ketones (excluding diaryl/α,β-unsaturated/α-hetero) is 1. The van der Waals surface area contributed by atoms with Crippen LogP contribution in [0.3, 0.4) is 0 Å². The minimum absolute atomic E-state index is 0.0142. The number of allylic oxidation sites excluding steroid dienone is 4. The topological polar surface area (TPSA) is 37.3 Å². The number of aliphatic hydroxyl groups excluding tert-OH is 1. The highest BCUT2D eigenvalue weighted by Crippen LogP contribution is 2.66. The van der Waals surface area contributed by atoms with Crippen LogP contribution in [0.4, 0.5) is 0 Å². The van der Waals surface area contributed by atoms with Gasteiger partial charge in [-0.3, -0.25) is 4.79 Å². The molecule has 0 bridgehead atoms. The summed E-state index contributed by atoms with van der Waals surface area (Å²) in [5.41, 5.74) is 1.39. The first-order valence-corrected chi connectivity index (χ1v) is 12.3. The highest BCUT2D eigenvalue weighted by atomic mass is 16.3. The predicted molar refractivity (Wildman–Crippen MR) is 120 cm³/mol. The second-order valence-corrected chi connectivity index (χ2v) is 11.8. The van der Waals surface area contributed by atoms with E-state index in [4.69, 9.17) is 0 Å². The number of carbonyl (C=O) groups excluding carboxylic acids is 1. The standard InChI is InChI=1S/C27H42O2/c1-17(2)7-6-8-18(3)20-11-12-21-19-9-10-23-25(29)24(28)14-16-27(23,5)22(19)13-15-26(20,21)4/h9-10,17-22,29H,6-8,11-16H2,1-5H3/t18-,19+,20-,21+,22+,26-,27-/m1/s1. The van der Waals surface area contributed by atoms with Crippen molar-refractivity contribution < 1.29 is 9.90 Å². The van der Waals surface area contributed by atoms with Crippen LogP contribution in [0.15, 0.2) is 23.5 Å². The Morgan fingerprint density at radius 3 is 2.55 bits per heavy atom. The predicted octanol–water partition coefficient (Wildman–Crippen LogP) is 7.26. The molecule has 2 fully saturated rings. The van der Waals surface area contributed by atoms with Gasteiger partial charge in [-0.2, -0.15) is 0 Å². The van der Waals surface area contributed by atoms with Crippen LogP contribution < -0.4 is 0 Å². The second kappa shape index (κ2) is 7.57. The lowest BCUT2D eigenvalue weighted by Gasteiger charge is -2.56. The number of fused-ring (bicyclic) bond motifs is 5. The zero-order valence-electron chi connectivity index (χ0n) is 19.3. The number of carbonyl (C=O) groups is 1. The molecule has 1 N–H and O–H groups in total. The summed E-state index contributed by atoms with van der Waals surface area (Å²) < 4.78 is 0. The normalized spacial score (nSPS) is 42.6. The molecule has 162 valence electrons. The number of rotatable bonds is 5. The first-order valence-electron chi connectivity index (χ1n) is 12.3. The Labute approximate surface area is 178 Å². The van der Waals surface area contributed by atoms with Gasteiger partial charge in [0.25, 0.3) is 0 Å². The minimum atomic E-state index is -0.0580. The summed E-state index contributed by atoms with van der Waals surface area (Å²) in [5.74, 6) is 4.49. The van der Waals surface area contributed by atoms with Crippen molar-refractivity contribution in [3.63, 3.8) is 0 Å². The zero-order chi connectivity index (χ0) is 21.0. The molecule has 0 unspecified atom stereocenters. The summed E-state index contributed by atoms with van der Waals surface area (Å²) in [7, 11) is 0. The third kappa shape index (κ3) is 3.33. The van der Waals surface area contributed by atoms with Crippen LogP contribution in [0.2, 0.25) is 0 Å². The number of hydrogen-bond donors (Lipinski definition) is 1. The summed E-state index contributed by atoms with van der Waals surface area (Å²) >= 11 is 0. The van der Waals surface area contributed by atoms with Gasteiger partial charge in [0.2, 0.25) is 0 Å². The van der Waals surface area contributed by atoms with E-state index < -0.39 is 0 Å². The van der Waals surface area contributed by atoms with Crippen molar-refractivity contribution in [2.75, 3.05) is 0 Å². The molecule has 29 heavy (non-hydrogen) atoms. The Morgan fingerprint density at radius 1 is 1.07 bits per heavy atom. The molecule has 2 saturated carbocycles. The fourth-order valence-corrected chi connectivity index (χ4v) is 8.14. The first-order chi connectivity index (χ1) is 13.7. The number of hydrogen-bond acceptors (Lipinski definition) is 2. The Balaban J connectivity index is 1.56. The highest BCUT2D eigenvalue weighted by molar-refractivity contribution is 5.95. The van der Waals surface area contributed by atoms with Gasteiger partial charge in [0.1, 0.15) is 0 Å². The molecular weight excluding hydrogens is 356 g/mol. The molecule has 0 spiro atoms. The summed E-state index contributed by atoms with van der Waals surface area (Å²) in [6.07, 6.45) is 15.4. The van der Waals surface area contributed by atoms with Crippen LogP contribution in [-0.2, 0) is 4.79 Å². The Hall–Kier alpha value is -1.05. The van der Waals surface area contributed by atoms with Crippen molar-refractivity contribution in [3.05, 3.63) is 23.5 Å². The fourth-order valence-electron chi connectivity index (χ4n) is 8.14. The van der Waals surface area contributed by atoms with E-state index in [1.807, 2.05) is 0 Å². The third-order valence-corrected chi connectivity index (χ3v) is 9.84. The van der Waals surface area contributed by atoms with E-state index in [1.165, 1.54) is 44.9 Å². The summed E-state index contributed by atoms with van der Waals surface area (Å²) in [6, 6.07) is 0. The van der Waals surface area contributed by atoms with Crippen LogP contribution in [0.25, 0.3) is 0 Å². The summed E-state index contributed by atoms with van der Waals surface area (Å²) in [4.78, 5) is 12.1. The van der Waals surface area contributed by atoms with Crippen molar-refractivity contribution >= 4 is 5.78 Å². The van der Waals surface area contributed by atoms with E-state index in [0.717, 1.165) is 35.7 Å². The molecule has 4 rings (SSSR count). The molecular formula is C27H42O2. The average molecular weight is 399 g/mol. The lowest BCUT2D eigenvalue weighted by molar-refractivity contribution is -0.120. The van der Waals surface area contributed by atoms with Crippen LogP contribution in [-0.4, -0.2) is 10.9 Å². The monoisotopic (exact) mass is 398 g/mol. The second-order valence-electron chi connectivity index (χ2n) is 11.8. The maximum atomic E-state index is 12.1. The maximum absolute atomic E-state index is 12.1. The van der Waals surface area contributed by atoms with Crippen LogP contribution in [0.5, 0.6) is 0 Å². The number of ketones is 1. The maximum Gasteiger partial charge on any atom is 0.197 e. The van der Waals surface area contributed by atoms with E-state index in [9.17, 15) is 9.90 Å². The van der Waals surface area contributed by atoms with Gasteiger partial charge < -0.3 is 5.11 Å². The zero-order valence-corrected chi connectivity index (χ0v) is 19.3. The van der Waals surface area contributed by atoms with Crippen molar-refractivity contribution in [2.45, 2.75) is 92.4 Å². The highest BCUT2D eigenvalue weighted by Gasteiger charge is 2.59. The van der Waals surface area contributed by atoms with E-state index in [2.05, 4.69) is 46.8 Å². The van der Waals surface area contributed by atoms with Gasteiger partial charge in [-0.15, -0.1) is 0 Å². The van der Waals surface area contributed by atoms with E-state index >= 15 is 0 Å². The Morgan fingerprint density at radius 2 is 1.83 bits per heavy atom. The van der Waals surface area contributed by atoms with Gasteiger partial charge >= 0.3 is 0 Å². The van der Waals surface area contributed by atoms with Crippen molar-refractivity contribution in [2.24, 2.45) is 46.3 Å². The average Bonchev–Trinajstić information content (AvgIpc) is 3.02. The third-order valence-electron chi connectivity index (χ3n) is 9.84. The minimum Gasteiger partial charge on any atom is -0.504 e. The quantitative estimate of drug-likeness (QED) is 0.529. The van der Waals surface area contributed by atoms with Crippen LogP contribution >= 0.6 is 0 Å². The molecule has 0 aliphatic heterocycles. The molecule has 0 amide bonds. The van der Waals surface area contributed by atoms with Gasteiger partial charge in [-0.1, -0.05) is 66.0 Å². The lowest BCUT2D eigenvalue weighted by Crippen LogP contribution is -2.50. The van der Waals surface area contributed by atoms with Crippen molar-refractivity contribution in [3.8, 4) is 0 Å². The van der Waals surface area contributed by atoms with Crippen LogP contribution in [0, 0.1) is 46.3 Å². The fraction of sp³-hybridized carbons (Fsp3) is 0.815. The first kappa shape index (κ1) is 21.2. The van der Waals surface area contributed by atoms with Gasteiger partial charge in [0, 0.05) is 17.4 Å². The van der Waals surface area contributed by atoms with Crippen molar-refractivity contribution in [1.29, 1.82) is 0 Å².